The molecule has 3 heterocycles. The highest BCUT2D eigenvalue weighted by Gasteiger charge is 2.66. The highest BCUT2D eigenvalue weighted by molar-refractivity contribution is 14.1. The second-order valence-electron chi connectivity index (χ2n) is 11.7. The number of hydrogen-bond acceptors (Lipinski definition) is 5. The predicted molar refractivity (Wildman–Crippen MR) is 171 cm³/mol. The molecule has 1 amide bonds. The van der Waals surface area contributed by atoms with Crippen LogP contribution >= 0.6 is 22.6 Å². The van der Waals surface area contributed by atoms with Crippen LogP contribution in [-0.4, -0.2) is 47.1 Å². The van der Waals surface area contributed by atoms with Gasteiger partial charge in [-0.3, -0.25) is 14.4 Å². The monoisotopic (exact) mass is 696 g/mol. The summed E-state index contributed by atoms with van der Waals surface area (Å²) >= 11 is 2.26. The maximum Gasteiger partial charge on any atom is 0.268 e. The number of carbonyl (C=O) groups excluding carboxylic acids is 1. The van der Waals surface area contributed by atoms with E-state index in [9.17, 15) is 9.90 Å². The molecular weight excluding hydrogens is 662 g/mol. The Balaban J connectivity index is 1.32. The molecule has 10 heteroatoms. The van der Waals surface area contributed by atoms with Crippen LogP contribution in [-0.2, 0) is 21.7 Å². The molecule has 1 N–H and O–H groups in total. The molecule has 3 aromatic carbocycles. The quantitative estimate of drug-likeness (QED) is 0.129. The van der Waals surface area contributed by atoms with Crippen LogP contribution in [0.3, 0.4) is 0 Å². The summed E-state index contributed by atoms with van der Waals surface area (Å²) in [6, 6.07) is 25.3. The zero-order valence-corrected chi connectivity index (χ0v) is 27.0. The molecule has 42 heavy (non-hydrogen) atoms. The lowest BCUT2D eigenvalue weighted by Crippen LogP contribution is -2.44. The lowest BCUT2D eigenvalue weighted by atomic mass is 9.82. The van der Waals surface area contributed by atoms with Gasteiger partial charge in [-0.05, 0) is 78.0 Å². The number of nitrogens with zero attached hydrogens (tertiary/aromatic N) is 4. The van der Waals surface area contributed by atoms with Crippen molar-refractivity contribution in [1.29, 1.82) is 0 Å². The van der Waals surface area contributed by atoms with Crippen molar-refractivity contribution in [3.8, 4) is 0 Å². The number of halogens is 2. The maximum atomic E-state index is 16.2. The molecule has 2 aliphatic heterocycles. The Bertz CT molecular complexity index is 1580. The maximum absolute atomic E-state index is 16.2. The second kappa shape index (κ2) is 11.3. The number of amides is 1. The third-order valence-corrected chi connectivity index (χ3v) is 11.9. The molecule has 0 aliphatic carbocycles. The van der Waals surface area contributed by atoms with Gasteiger partial charge in [-0.25, -0.2) is 0 Å². The fourth-order valence-corrected chi connectivity index (χ4v) is 9.98. The first-order valence-electron chi connectivity index (χ1n) is 14.3. The number of hydrogen-bond donors (Lipinski definition) is 1. The molecule has 0 bridgehead atoms. The van der Waals surface area contributed by atoms with E-state index in [-0.39, 0.29) is 24.3 Å². The average Bonchev–Trinajstić information content (AvgIpc) is 3.63. The van der Waals surface area contributed by atoms with Crippen LogP contribution in [0.25, 0.3) is 0 Å². The number of carbonyl (C=O) groups is 1. The topological polar surface area (TPSA) is 80.5 Å². The Hall–Kier alpha value is -2.93. The van der Waals surface area contributed by atoms with Crippen molar-refractivity contribution in [2.24, 2.45) is 5.92 Å². The van der Waals surface area contributed by atoms with Gasteiger partial charge in [-0.1, -0.05) is 60.7 Å². The van der Waals surface area contributed by atoms with Gasteiger partial charge in [0.05, 0.1) is 30.0 Å². The lowest BCUT2D eigenvalue weighted by Gasteiger charge is -2.31. The molecule has 1 saturated heterocycles. The molecule has 1 spiro atoms. The zero-order chi connectivity index (χ0) is 29.6. The van der Waals surface area contributed by atoms with Gasteiger partial charge < -0.3 is 14.0 Å². The highest BCUT2D eigenvalue weighted by Crippen LogP contribution is 2.61. The van der Waals surface area contributed by atoms with E-state index in [1.54, 1.807) is 22.7 Å². The fourth-order valence-electron chi connectivity index (χ4n) is 6.94. The summed E-state index contributed by atoms with van der Waals surface area (Å²) in [5, 5.41) is 18.7. The van der Waals surface area contributed by atoms with E-state index in [2.05, 4.69) is 32.9 Å². The summed E-state index contributed by atoms with van der Waals surface area (Å²) in [5.41, 5.74) is 2.31. The predicted octanol–water partition coefficient (Wildman–Crippen LogP) is 6.55. The number of benzene rings is 3. The van der Waals surface area contributed by atoms with Gasteiger partial charge in [0.2, 0.25) is 8.41 Å². The van der Waals surface area contributed by atoms with Crippen LogP contribution in [0.5, 0.6) is 0 Å². The van der Waals surface area contributed by atoms with Gasteiger partial charge in [0.1, 0.15) is 0 Å². The Morgan fingerprint density at radius 2 is 1.79 bits per heavy atom. The highest BCUT2D eigenvalue weighted by atomic mass is 127. The number of aliphatic hydroxyl groups is 1. The molecule has 1 fully saturated rings. The van der Waals surface area contributed by atoms with E-state index in [0.29, 0.717) is 18.7 Å². The summed E-state index contributed by atoms with van der Waals surface area (Å²) < 4.78 is 25.8. The molecule has 218 valence electrons. The van der Waals surface area contributed by atoms with Crippen molar-refractivity contribution in [1.82, 2.24) is 15.0 Å². The number of aryl methyl sites for hydroxylation is 1. The largest absolute Gasteiger partial charge is 0.395 e. The Morgan fingerprint density at radius 3 is 2.45 bits per heavy atom. The Morgan fingerprint density at radius 1 is 1.10 bits per heavy atom. The SMILES string of the molecule is C[C@@H]1[C@@H]([Si](C)(C)F)[C@H](CCn2cc(C(CO)c3ccccc3)nn2)O[C@@]12C(=O)N(c1ccccc1)c1ccc(I)cc12. The van der Waals surface area contributed by atoms with Crippen LogP contribution in [0.15, 0.2) is 85.1 Å². The van der Waals surface area contributed by atoms with Gasteiger partial charge in [0.15, 0.2) is 5.60 Å². The number of anilines is 2. The summed E-state index contributed by atoms with van der Waals surface area (Å²) in [7, 11) is -3.29. The van der Waals surface area contributed by atoms with Crippen molar-refractivity contribution >= 4 is 48.3 Å². The smallest absolute Gasteiger partial charge is 0.268 e. The normalized spacial score (nSPS) is 24.4. The Kier molecular flexibility index (Phi) is 7.84. The van der Waals surface area contributed by atoms with Crippen LogP contribution in [0.2, 0.25) is 18.6 Å². The van der Waals surface area contributed by atoms with Crippen LogP contribution < -0.4 is 4.90 Å². The van der Waals surface area contributed by atoms with Gasteiger partial charge in [-0.15, -0.1) is 5.10 Å². The average molecular weight is 697 g/mol. The standard InChI is InChI=1S/C32H34FIN4O3Si/c1-21-30(42(2,3)33)29(16-17-37-19-27(35-36-37)25(20-39)22-10-6-4-7-11-22)41-32(21)26-18-23(34)14-15-28(26)38(31(32)40)24-12-8-5-9-13-24/h4-15,18-19,21,25,29-30,39H,16-17,20H2,1-3H3/t21-,25?,29+,30-,32+/m1/s1. The minimum atomic E-state index is -3.29. The van der Waals surface area contributed by atoms with Crippen LogP contribution in [0.4, 0.5) is 15.5 Å². The second-order valence-corrected chi connectivity index (χ2v) is 16.8. The molecule has 4 aromatic rings. The molecule has 7 nitrogen and oxygen atoms in total. The molecule has 0 saturated carbocycles. The Labute approximate surface area is 260 Å². The first-order valence-corrected chi connectivity index (χ1v) is 18.3. The van der Waals surface area contributed by atoms with Crippen molar-refractivity contribution in [3.63, 3.8) is 0 Å². The summed E-state index contributed by atoms with van der Waals surface area (Å²) in [6.45, 7) is 5.77. The molecular formula is C32H34FIN4O3Si. The third kappa shape index (κ3) is 4.91. The van der Waals surface area contributed by atoms with Crippen LogP contribution in [0, 0.1) is 9.49 Å². The summed E-state index contributed by atoms with van der Waals surface area (Å²) in [4.78, 5) is 16.2. The number of fused-ring (bicyclic) bond motifs is 2. The van der Waals surface area contributed by atoms with Crippen molar-refractivity contribution in [3.05, 3.63) is 105 Å². The molecule has 5 atom stereocenters. The summed E-state index contributed by atoms with van der Waals surface area (Å²) in [5.74, 6) is -0.814. The van der Waals surface area contributed by atoms with Crippen molar-refractivity contribution < 1.29 is 18.7 Å². The third-order valence-electron chi connectivity index (χ3n) is 8.79. The number of rotatable bonds is 8. The van der Waals surface area contributed by atoms with E-state index < -0.39 is 25.7 Å². The lowest BCUT2D eigenvalue weighted by molar-refractivity contribution is -0.145. The first kappa shape index (κ1) is 29.2. The van der Waals surface area contributed by atoms with Crippen molar-refractivity contribution in [2.45, 2.75) is 56.1 Å². The fraction of sp³-hybridized carbons (Fsp3) is 0.344. The van der Waals surface area contributed by atoms with Crippen molar-refractivity contribution in [2.75, 3.05) is 11.5 Å². The van der Waals surface area contributed by atoms with E-state index in [0.717, 1.165) is 26.1 Å². The van der Waals surface area contributed by atoms with E-state index >= 15 is 4.11 Å². The number of para-hydroxylation sites is 1. The zero-order valence-electron chi connectivity index (χ0n) is 23.8. The molecule has 2 aliphatic rings. The van der Waals surface area contributed by atoms with E-state index in [4.69, 9.17) is 4.74 Å². The van der Waals surface area contributed by atoms with Gasteiger partial charge in [0.25, 0.3) is 5.91 Å². The number of aliphatic hydroxyl groups excluding tert-OH is 1. The van der Waals surface area contributed by atoms with E-state index in [1.807, 2.05) is 92.0 Å². The van der Waals surface area contributed by atoms with E-state index in [1.165, 1.54) is 0 Å². The van der Waals surface area contributed by atoms with Gasteiger partial charge in [-0.2, -0.15) is 0 Å². The summed E-state index contributed by atoms with van der Waals surface area (Å²) in [6.07, 6.45) is 1.84. The molecule has 0 radical (unpaired) electrons. The minimum Gasteiger partial charge on any atom is -0.395 e. The number of ether oxygens (including phenoxy) is 1. The molecule has 1 unspecified atom stereocenters. The molecule has 1 aromatic heterocycles. The minimum absolute atomic E-state index is 0.0869. The van der Waals surface area contributed by atoms with Crippen LogP contribution in [0.1, 0.15) is 36.1 Å². The van der Waals surface area contributed by atoms with Gasteiger partial charge >= 0.3 is 0 Å². The van der Waals surface area contributed by atoms with Gasteiger partial charge in [0, 0.05) is 39.0 Å². The molecule has 6 rings (SSSR count). The first-order chi connectivity index (χ1) is 20.1. The number of aromatic nitrogens is 3.